The van der Waals surface area contributed by atoms with Crippen molar-refractivity contribution in [1.29, 1.82) is 0 Å². The summed E-state index contributed by atoms with van der Waals surface area (Å²) < 4.78 is 10.2. The molecule has 1 fully saturated rings. The van der Waals surface area contributed by atoms with Crippen LogP contribution in [0, 0.1) is 11.8 Å². The SMILES string of the molecule is CC1CCC(CN(C(=O)N(C)C)C(=Nc2ccc(Oc3cccc(C=O)n3)cc2)NC=O)CC1.CNc1ccc(C(=O)OC)cc1. The fourth-order valence-corrected chi connectivity index (χ4v) is 4.77. The number of rotatable bonds is 9. The molecule has 1 aromatic heterocycles. The van der Waals surface area contributed by atoms with E-state index in [0.29, 0.717) is 54.0 Å². The van der Waals surface area contributed by atoms with Gasteiger partial charge in [0, 0.05) is 39.4 Å². The van der Waals surface area contributed by atoms with E-state index in [1.54, 1.807) is 68.7 Å². The first kappa shape index (κ1) is 35.2. The highest BCUT2D eigenvalue weighted by Crippen LogP contribution is 2.29. The number of guanidine groups is 1. The number of anilines is 1. The zero-order valence-corrected chi connectivity index (χ0v) is 26.9. The number of urea groups is 1. The highest BCUT2D eigenvalue weighted by Gasteiger charge is 2.27. The van der Waals surface area contributed by atoms with Crippen LogP contribution in [0.25, 0.3) is 0 Å². The molecule has 3 amide bonds. The molecule has 0 saturated heterocycles. The molecule has 4 rings (SSSR count). The third-order valence-electron chi connectivity index (χ3n) is 7.39. The van der Waals surface area contributed by atoms with Gasteiger partial charge in [0.2, 0.25) is 18.2 Å². The van der Waals surface area contributed by atoms with E-state index in [2.05, 4.69) is 32.3 Å². The van der Waals surface area contributed by atoms with Crippen LogP contribution in [0.5, 0.6) is 11.6 Å². The van der Waals surface area contributed by atoms with Gasteiger partial charge in [-0.2, -0.15) is 0 Å². The van der Waals surface area contributed by atoms with Gasteiger partial charge in [-0.05, 0) is 79.3 Å². The third-order valence-corrected chi connectivity index (χ3v) is 7.39. The standard InChI is InChI=1S/C25H31N5O4.C9H11NO2/c1-18-7-9-19(10-8-18)15-30(25(33)29(2)3)24(26-17-32)28-20-11-13-22(14-12-20)34-23-6-4-5-21(16-31)27-23;1-10-8-5-3-7(4-6-8)9(11)12-2/h4-6,11-14,16-19H,7-10,15H2,1-3H3,(H,26,28,32);3-6,10H,1-2H3. The summed E-state index contributed by atoms with van der Waals surface area (Å²) in [6, 6.07) is 18.6. The van der Waals surface area contributed by atoms with Gasteiger partial charge in [-0.3, -0.25) is 19.8 Å². The van der Waals surface area contributed by atoms with Gasteiger partial charge in [0.25, 0.3) is 0 Å². The van der Waals surface area contributed by atoms with Crippen LogP contribution in [0.1, 0.15) is 53.5 Å². The van der Waals surface area contributed by atoms with E-state index in [0.717, 1.165) is 31.4 Å². The molecule has 0 radical (unpaired) electrons. The largest absolute Gasteiger partial charge is 0.465 e. The summed E-state index contributed by atoms with van der Waals surface area (Å²) in [4.78, 5) is 57.8. The fourth-order valence-electron chi connectivity index (χ4n) is 4.77. The molecule has 3 aromatic rings. The van der Waals surface area contributed by atoms with Gasteiger partial charge in [-0.1, -0.05) is 25.8 Å². The van der Waals surface area contributed by atoms with Gasteiger partial charge in [0.15, 0.2) is 6.29 Å². The lowest BCUT2D eigenvalue weighted by molar-refractivity contribution is -0.108. The molecule has 46 heavy (non-hydrogen) atoms. The second-order valence-electron chi connectivity index (χ2n) is 11.0. The molecule has 0 spiro atoms. The van der Waals surface area contributed by atoms with Crippen LogP contribution in [-0.4, -0.2) is 80.2 Å². The summed E-state index contributed by atoms with van der Waals surface area (Å²) in [5, 5.41) is 5.56. The number of benzene rings is 2. The molecule has 0 bridgehead atoms. The summed E-state index contributed by atoms with van der Waals surface area (Å²) in [6.07, 6.45) is 5.53. The Balaban J connectivity index is 0.000000402. The molecule has 0 aliphatic heterocycles. The number of carbonyl (C=O) groups excluding carboxylic acids is 4. The van der Waals surface area contributed by atoms with E-state index >= 15 is 0 Å². The highest BCUT2D eigenvalue weighted by molar-refractivity contribution is 6.01. The maximum Gasteiger partial charge on any atom is 0.337 e. The topological polar surface area (TPSA) is 143 Å². The third kappa shape index (κ3) is 10.7. The second-order valence-corrected chi connectivity index (χ2v) is 11.0. The quantitative estimate of drug-likeness (QED) is 0.132. The number of nitrogens with one attached hydrogen (secondary N) is 2. The van der Waals surface area contributed by atoms with Gasteiger partial charge in [-0.25, -0.2) is 19.6 Å². The van der Waals surface area contributed by atoms with Gasteiger partial charge in [0.1, 0.15) is 11.4 Å². The molecule has 12 nitrogen and oxygen atoms in total. The Hall–Kier alpha value is -5.26. The lowest BCUT2D eigenvalue weighted by atomic mass is 9.83. The average Bonchev–Trinajstić information content (AvgIpc) is 3.08. The molecule has 2 N–H and O–H groups in total. The minimum atomic E-state index is -0.308. The minimum Gasteiger partial charge on any atom is -0.465 e. The van der Waals surface area contributed by atoms with Crippen LogP contribution in [0.3, 0.4) is 0 Å². The van der Waals surface area contributed by atoms with E-state index in [-0.39, 0.29) is 23.7 Å². The Bertz CT molecular complexity index is 1470. The molecule has 2 aromatic carbocycles. The Morgan fingerprint density at radius 2 is 1.65 bits per heavy atom. The summed E-state index contributed by atoms with van der Waals surface area (Å²) in [5.41, 5.74) is 2.36. The van der Waals surface area contributed by atoms with Crippen LogP contribution in [-0.2, 0) is 9.53 Å². The van der Waals surface area contributed by atoms with Crippen LogP contribution in [0.4, 0.5) is 16.2 Å². The molecule has 1 heterocycles. The molecular weight excluding hydrogens is 588 g/mol. The zero-order valence-electron chi connectivity index (χ0n) is 26.9. The van der Waals surface area contributed by atoms with Gasteiger partial charge in [-0.15, -0.1) is 0 Å². The van der Waals surface area contributed by atoms with Crippen molar-refractivity contribution in [1.82, 2.24) is 20.1 Å². The molecule has 0 unspecified atom stereocenters. The van der Waals surface area contributed by atoms with Gasteiger partial charge < -0.3 is 19.7 Å². The normalized spacial score (nSPS) is 15.7. The van der Waals surface area contributed by atoms with Crippen molar-refractivity contribution in [2.45, 2.75) is 32.6 Å². The first-order valence-corrected chi connectivity index (χ1v) is 15.0. The number of pyridine rings is 1. The number of hydrogen-bond acceptors (Lipinski definition) is 9. The van der Waals surface area contributed by atoms with Crippen molar-refractivity contribution in [3.05, 3.63) is 78.0 Å². The maximum absolute atomic E-state index is 13.0. The number of hydrogen-bond donors (Lipinski definition) is 2. The predicted molar refractivity (Wildman–Crippen MR) is 177 cm³/mol. The molecule has 244 valence electrons. The van der Waals surface area contributed by atoms with E-state index in [4.69, 9.17) is 4.74 Å². The maximum atomic E-state index is 13.0. The van der Waals surface area contributed by atoms with Crippen LogP contribution in [0.2, 0.25) is 0 Å². The van der Waals surface area contributed by atoms with Crippen LogP contribution >= 0.6 is 0 Å². The number of aliphatic imine (C=N–C) groups is 1. The number of esters is 1. The second kappa shape index (κ2) is 17.9. The number of nitrogens with zero attached hydrogens (tertiary/aromatic N) is 4. The molecule has 1 aliphatic rings. The van der Waals surface area contributed by atoms with E-state index in [9.17, 15) is 19.2 Å². The Morgan fingerprint density at radius 3 is 2.22 bits per heavy atom. The van der Waals surface area contributed by atoms with Crippen molar-refractivity contribution in [3.63, 3.8) is 0 Å². The van der Waals surface area contributed by atoms with Gasteiger partial charge in [0.05, 0.1) is 18.4 Å². The number of aromatic nitrogens is 1. The van der Waals surface area contributed by atoms with Crippen molar-refractivity contribution in [2.24, 2.45) is 16.8 Å². The molecule has 12 heteroatoms. The number of ether oxygens (including phenoxy) is 2. The number of amides is 3. The summed E-state index contributed by atoms with van der Waals surface area (Å²) in [6.45, 7) is 2.74. The van der Waals surface area contributed by atoms with Crippen molar-refractivity contribution >= 4 is 42.0 Å². The highest BCUT2D eigenvalue weighted by atomic mass is 16.5. The smallest absolute Gasteiger partial charge is 0.337 e. The lowest BCUT2D eigenvalue weighted by Crippen LogP contribution is -2.50. The first-order chi connectivity index (χ1) is 22.2. The van der Waals surface area contributed by atoms with E-state index < -0.39 is 0 Å². The molecule has 1 saturated carbocycles. The van der Waals surface area contributed by atoms with E-state index in [1.165, 1.54) is 16.9 Å². The summed E-state index contributed by atoms with van der Waals surface area (Å²) in [7, 11) is 6.55. The fraction of sp³-hybridized carbons (Fsp3) is 0.353. The average molecular weight is 631 g/mol. The Kier molecular flexibility index (Phi) is 13.7. The monoisotopic (exact) mass is 630 g/mol. The number of aldehydes is 1. The predicted octanol–water partition coefficient (Wildman–Crippen LogP) is 5.74. The minimum absolute atomic E-state index is 0.182. The number of carbonyl (C=O) groups is 4. The van der Waals surface area contributed by atoms with Crippen molar-refractivity contribution in [3.8, 4) is 11.6 Å². The van der Waals surface area contributed by atoms with Crippen LogP contribution < -0.4 is 15.4 Å². The van der Waals surface area contributed by atoms with Crippen LogP contribution in [0.15, 0.2) is 71.7 Å². The zero-order chi connectivity index (χ0) is 33.5. The molecule has 1 aliphatic carbocycles. The molecule has 0 atom stereocenters. The summed E-state index contributed by atoms with van der Waals surface area (Å²) in [5.74, 6) is 1.74. The molecular formula is C34H42N6O6. The Labute approximate surface area is 269 Å². The van der Waals surface area contributed by atoms with Crippen molar-refractivity contribution < 1.29 is 28.7 Å². The Morgan fingerprint density at radius 1 is 0.978 bits per heavy atom. The van der Waals surface area contributed by atoms with Crippen molar-refractivity contribution in [2.75, 3.05) is 40.1 Å². The van der Waals surface area contributed by atoms with Gasteiger partial charge >= 0.3 is 12.0 Å². The lowest BCUT2D eigenvalue weighted by Gasteiger charge is -2.33. The first-order valence-electron chi connectivity index (χ1n) is 15.0. The number of methoxy groups -OCH3 is 1. The summed E-state index contributed by atoms with van der Waals surface area (Å²) >= 11 is 0. The van der Waals surface area contributed by atoms with E-state index in [1.807, 2.05) is 19.2 Å².